The van der Waals surface area contributed by atoms with E-state index in [4.69, 9.17) is 9.47 Å². The first-order chi connectivity index (χ1) is 11.7. The van der Waals surface area contributed by atoms with Gasteiger partial charge in [0, 0.05) is 39.8 Å². The molecule has 24 heavy (non-hydrogen) atoms. The van der Waals surface area contributed by atoms with Crippen molar-refractivity contribution >= 4 is 17.8 Å². The molecule has 0 unspecified atom stereocenters. The third kappa shape index (κ3) is 4.79. The molecule has 1 aliphatic heterocycles. The minimum Gasteiger partial charge on any atom is -0.450 e. The van der Waals surface area contributed by atoms with E-state index >= 15 is 0 Å². The van der Waals surface area contributed by atoms with Gasteiger partial charge in [-0.2, -0.15) is 0 Å². The molecule has 2 amide bonds. The van der Waals surface area contributed by atoms with Crippen molar-refractivity contribution in [1.82, 2.24) is 20.2 Å². The summed E-state index contributed by atoms with van der Waals surface area (Å²) in [6.45, 7) is 5.46. The molecule has 1 aliphatic rings. The van der Waals surface area contributed by atoms with Crippen LogP contribution >= 0.6 is 0 Å². The van der Waals surface area contributed by atoms with E-state index in [-0.39, 0.29) is 17.7 Å². The quantitative estimate of drug-likeness (QED) is 0.737. The van der Waals surface area contributed by atoms with E-state index in [0.717, 1.165) is 0 Å². The van der Waals surface area contributed by atoms with Crippen LogP contribution in [0, 0.1) is 0 Å². The van der Waals surface area contributed by atoms with Crippen molar-refractivity contribution in [1.29, 1.82) is 0 Å². The van der Waals surface area contributed by atoms with Crippen molar-refractivity contribution in [2.75, 3.05) is 57.9 Å². The molecule has 1 aromatic rings. The summed E-state index contributed by atoms with van der Waals surface area (Å²) in [5, 5.41) is 2.69. The Bertz CT molecular complexity index is 543. The number of hydrogen-bond donors (Lipinski definition) is 1. The van der Waals surface area contributed by atoms with Crippen molar-refractivity contribution in [2.24, 2.45) is 0 Å². The minimum absolute atomic E-state index is 0.264. The summed E-state index contributed by atoms with van der Waals surface area (Å²) in [6, 6.07) is 0. The molecule has 9 nitrogen and oxygen atoms in total. The first kappa shape index (κ1) is 17.9. The fraction of sp³-hybridized carbons (Fsp3) is 0.600. The van der Waals surface area contributed by atoms with Gasteiger partial charge in [0.05, 0.1) is 25.6 Å². The normalized spacial score (nSPS) is 14.4. The molecule has 2 heterocycles. The summed E-state index contributed by atoms with van der Waals surface area (Å²) in [6.07, 6.45) is 2.74. The van der Waals surface area contributed by atoms with E-state index in [2.05, 4.69) is 15.3 Å². The average molecular weight is 337 g/mol. The fourth-order valence-corrected chi connectivity index (χ4v) is 2.29. The zero-order chi connectivity index (χ0) is 17.4. The van der Waals surface area contributed by atoms with E-state index in [1.165, 1.54) is 6.20 Å². The number of hydrogen-bond acceptors (Lipinski definition) is 7. The summed E-state index contributed by atoms with van der Waals surface area (Å²) in [7, 11) is 1.57. The third-order valence-electron chi connectivity index (χ3n) is 3.59. The Labute approximate surface area is 140 Å². The van der Waals surface area contributed by atoms with Crippen LogP contribution in [0.2, 0.25) is 0 Å². The topological polar surface area (TPSA) is 96.9 Å². The number of nitrogens with zero attached hydrogens (tertiary/aromatic N) is 4. The predicted molar refractivity (Wildman–Crippen MR) is 87.0 cm³/mol. The molecule has 1 fully saturated rings. The van der Waals surface area contributed by atoms with E-state index in [1.54, 1.807) is 25.1 Å². The Kier molecular flexibility index (Phi) is 6.74. The maximum atomic E-state index is 11.8. The molecule has 0 atom stereocenters. The summed E-state index contributed by atoms with van der Waals surface area (Å²) in [5.41, 5.74) is 0.264. The van der Waals surface area contributed by atoms with Crippen LogP contribution in [0.1, 0.15) is 17.4 Å². The average Bonchev–Trinajstić information content (AvgIpc) is 2.62. The van der Waals surface area contributed by atoms with Gasteiger partial charge in [0.25, 0.3) is 5.91 Å². The van der Waals surface area contributed by atoms with Gasteiger partial charge in [-0.05, 0) is 6.92 Å². The maximum Gasteiger partial charge on any atom is 0.409 e. The van der Waals surface area contributed by atoms with Crippen molar-refractivity contribution in [2.45, 2.75) is 6.92 Å². The molecule has 0 saturated carbocycles. The molecule has 0 radical (unpaired) electrons. The van der Waals surface area contributed by atoms with Gasteiger partial charge in [-0.25, -0.2) is 14.8 Å². The summed E-state index contributed by atoms with van der Waals surface area (Å²) in [4.78, 5) is 35.7. The number of anilines is 1. The number of carbonyl (C=O) groups excluding carboxylic acids is 2. The second-order valence-electron chi connectivity index (χ2n) is 5.18. The Hall–Kier alpha value is -2.42. The highest BCUT2D eigenvalue weighted by molar-refractivity contribution is 5.92. The predicted octanol–water partition coefficient (Wildman–Crippen LogP) is 0.131. The van der Waals surface area contributed by atoms with Crippen LogP contribution in [-0.4, -0.2) is 79.9 Å². The number of methoxy groups -OCH3 is 1. The molecule has 9 heteroatoms. The van der Waals surface area contributed by atoms with E-state index < -0.39 is 0 Å². The molecule has 0 aromatic carbocycles. The van der Waals surface area contributed by atoms with Crippen LogP contribution in [0.4, 0.5) is 10.6 Å². The molecule has 2 rings (SSSR count). The van der Waals surface area contributed by atoms with Gasteiger partial charge in [0.15, 0.2) is 0 Å². The number of nitrogens with one attached hydrogen (secondary N) is 1. The number of ether oxygens (including phenoxy) is 2. The van der Waals surface area contributed by atoms with Crippen molar-refractivity contribution < 1.29 is 19.1 Å². The Morgan fingerprint density at radius 2 is 1.96 bits per heavy atom. The highest BCUT2D eigenvalue weighted by Gasteiger charge is 2.23. The highest BCUT2D eigenvalue weighted by atomic mass is 16.6. The standard InChI is InChI=1S/C15H23N5O4/c1-3-24-15(22)20-7-5-19(6-8-20)13-11-17-12(10-18-13)14(21)16-4-9-23-2/h10-11H,3-9H2,1-2H3,(H,16,21). The summed E-state index contributed by atoms with van der Waals surface area (Å²) < 4.78 is 9.86. The molecular formula is C15H23N5O4. The van der Waals surface area contributed by atoms with E-state index in [9.17, 15) is 9.59 Å². The van der Waals surface area contributed by atoms with E-state index in [1.807, 2.05) is 4.90 Å². The van der Waals surface area contributed by atoms with Crippen LogP contribution in [0.5, 0.6) is 0 Å². The first-order valence-electron chi connectivity index (χ1n) is 7.91. The van der Waals surface area contributed by atoms with Gasteiger partial charge in [0.1, 0.15) is 11.5 Å². The molecule has 1 N–H and O–H groups in total. The fourth-order valence-electron chi connectivity index (χ4n) is 2.29. The summed E-state index contributed by atoms with van der Waals surface area (Å²) in [5.74, 6) is 0.408. The lowest BCUT2D eigenvalue weighted by molar-refractivity contribution is 0.0931. The van der Waals surface area contributed by atoms with Gasteiger partial charge >= 0.3 is 6.09 Å². The molecule has 132 valence electrons. The number of piperazine rings is 1. The van der Waals surface area contributed by atoms with Gasteiger partial charge in [-0.3, -0.25) is 4.79 Å². The maximum absolute atomic E-state index is 11.8. The number of rotatable bonds is 6. The smallest absolute Gasteiger partial charge is 0.409 e. The van der Waals surface area contributed by atoms with Gasteiger partial charge in [-0.1, -0.05) is 0 Å². The largest absolute Gasteiger partial charge is 0.450 e. The number of carbonyl (C=O) groups is 2. The zero-order valence-electron chi connectivity index (χ0n) is 14.0. The molecule has 1 aromatic heterocycles. The lowest BCUT2D eigenvalue weighted by atomic mass is 10.3. The second kappa shape index (κ2) is 9.02. The lowest BCUT2D eigenvalue weighted by Gasteiger charge is -2.34. The van der Waals surface area contributed by atoms with Crippen molar-refractivity contribution in [3.8, 4) is 0 Å². The molecule has 0 aliphatic carbocycles. The Balaban J connectivity index is 1.86. The van der Waals surface area contributed by atoms with Gasteiger partial charge in [-0.15, -0.1) is 0 Å². The van der Waals surface area contributed by atoms with Gasteiger partial charge in [0.2, 0.25) is 0 Å². The third-order valence-corrected chi connectivity index (χ3v) is 3.59. The van der Waals surface area contributed by atoms with Gasteiger partial charge < -0.3 is 24.6 Å². The van der Waals surface area contributed by atoms with Crippen LogP contribution < -0.4 is 10.2 Å². The molecule has 0 bridgehead atoms. The number of amides is 2. The first-order valence-corrected chi connectivity index (χ1v) is 7.91. The monoisotopic (exact) mass is 337 g/mol. The van der Waals surface area contributed by atoms with Crippen LogP contribution in [0.3, 0.4) is 0 Å². The van der Waals surface area contributed by atoms with Crippen molar-refractivity contribution in [3.05, 3.63) is 18.1 Å². The Morgan fingerprint density at radius 3 is 2.54 bits per heavy atom. The minimum atomic E-state index is -0.286. The molecular weight excluding hydrogens is 314 g/mol. The van der Waals surface area contributed by atoms with E-state index in [0.29, 0.717) is 51.8 Å². The highest BCUT2D eigenvalue weighted by Crippen LogP contribution is 2.13. The molecule has 0 spiro atoms. The van der Waals surface area contributed by atoms with Crippen LogP contribution in [-0.2, 0) is 9.47 Å². The Morgan fingerprint density at radius 1 is 1.21 bits per heavy atom. The van der Waals surface area contributed by atoms with Crippen LogP contribution in [0.25, 0.3) is 0 Å². The SMILES string of the molecule is CCOC(=O)N1CCN(c2cnc(C(=O)NCCOC)cn2)CC1. The van der Waals surface area contributed by atoms with Crippen LogP contribution in [0.15, 0.2) is 12.4 Å². The summed E-state index contributed by atoms with van der Waals surface area (Å²) >= 11 is 0. The van der Waals surface area contributed by atoms with Crippen molar-refractivity contribution in [3.63, 3.8) is 0 Å². The second-order valence-corrected chi connectivity index (χ2v) is 5.18. The lowest BCUT2D eigenvalue weighted by Crippen LogP contribution is -2.49. The molecule has 1 saturated heterocycles. The number of aromatic nitrogens is 2. The zero-order valence-corrected chi connectivity index (χ0v) is 14.0.